The van der Waals surface area contributed by atoms with Crippen LogP contribution >= 0.6 is 0 Å². The van der Waals surface area contributed by atoms with Crippen molar-refractivity contribution in [2.24, 2.45) is 0 Å². The van der Waals surface area contributed by atoms with Gasteiger partial charge in [0.05, 0.1) is 17.2 Å². The van der Waals surface area contributed by atoms with Gasteiger partial charge >= 0.3 is 12.2 Å². The summed E-state index contributed by atoms with van der Waals surface area (Å²) >= 11 is 0. The molecule has 0 aliphatic heterocycles. The fraction of sp³-hybridized carbons (Fsp3) is 0.200. The van der Waals surface area contributed by atoms with E-state index in [-0.39, 0.29) is 17.6 Å². The fourth-order valence-corrected chi connectivity index (χ4v) is 3.32. The Kier molecular flexibility index (Phi) is 7.45. The van der Waals surface area contributed by atoms with Gasteiger partial charge in [0.1, 0.15) is 0 Å². The Morgan fingerprint density at radius 1 is 0.853 bits per heavy atom. The van der Waals surface area contributed by atoms with E-state index in [2.05, 4.69) is 16.0 Å². The summed E-state index contributed by atoms with van der Waals surface area (Å²) in [5.41, 5.74) is 1.72. The number of carbonyl (C=O) groups excluding carboxylic acids is 2. The first-order valence-electron chi connectivity index (χ1n) is 10.5. The molecule has 0 aliphatic carbocycles. The van der Waals surface area contributed by atoms with Crippen LogP contribution < -0.4 is 20.9 Å². The van der Waals surface area contributed by atoms with Gasteiger partial charge in [-0.15, -0.1) is 0 Å². The second-order valence-corrected chi connectivity index (χ2v) is 7.89. The molecule has 3 aromatic rings. The second-order valence-electron chi connectivity index (χ2n) is 7.89. The molecule has 1 atom stereocenters. The molecular formula is C25H25F3N4O2. The number of halogens is 3. The highest BCUT2D eigenvalue weighted by Gasteiger charge is 2.30. The third-order valence-electron chi connectivity index (χ3n) is 5.10. The fourth-order valence-electron chi connectivity index (χ4n) is 3.32. The third-order valence-corrected chi connectivity index (χ3v) is 5.10. The predicted molar refractivity (Wildman–Crippen MR) is 127 cm³/mol. The van der Waals surface area contributed by atoms with E-state index in [0.717, 1.165) is 17.7 Å². The minimum atomic E-state index is -4.45. The first-order chi connectivity index (χ1) is 16.0. The smallest absolute Gasteiger partial charge is 0.377 e. The monoisotopic (exact) mass is 470 g/mol. The lowest BCUT2D eigenvalue weighted by molar-refractivity contribution is -0.137. The third kappa shape index (κ3) is 6.28. The summed E-state index contributed by atoms with van der Waals surface area (Å²) in [6.45, 7) is 1.88. The SMILES string of the molecule is CC(NC(=O)c1cc(NC(=O)Nc2ccc(C(F)(F)F)cc2)ccc1N(C)C)c1ccccc1. The van der Waals surface area contributed by atoms with Crippen LogP contribution in [0.3, 0.4) is 0 Å². The molecule has 178 valence electrons. The normalized spacial score (nSPS) is 11.9. The number of amides is 3. The van der Waals surface area contributed by atoms with E-state index in [4.69, 9.17) is 0 Å². The molecule has 0 bridgehead atoms. The number of alkyl halides is 3. The summed E-state index contributed by atoms with van der Waals surface area (Å²) < 4.78 is 38.1. The van der Waals surface area contributed by atoms with Crippen LogP contribution in [0.5, 0.6) is 0 Å². The number of anilines is 3. The molecule has 3 amide bonds. The molecule has 0 aliphatic rings. The number of rotatable bonds is 6. The Bertz CT molecular complexity index is 1150. The number of urea groups is 1. The maximum atomic E-state index is 13.0. The van der Waals surface area contributed by atoms with Crippen LogP contribution in [0.15, 0.2) is 72.8 Å². The molecule has 1 unspecified atom stereocenters. The zero-order chi connectivity index (χ0) is 24.9. The molecule has 3 rings (SSSR count). The van der Waals surface area contributed by atoms with Gasteiger partial charge in [-0.05, 0) is 55.0 Å². The number of carbonyl (C=O) groups is 2. The molecular weight excluding hydrogens is 445 g/mol. The first kappa shape index (κ1) is 24.6. The van der Waals surface area contributed by atoms with Crippen LogP contribution in [0, 0.1) is 0 Å². The Morgan fingerprint density at radius 2 is 1.44 bits per heavy atom. The van der Waals surface area contributed by atoms with Gasteiger partial charge in [-0.3, -0.25) is 4.79 Å². The number of nitrogens with zero attached hydrogens (tertiary/aromatic N) is 1. The molecule has 34 heavy (non-hydrogen) atoms. The highest BCUT2D eigenvalue weighted by atomic mass is 19.4. The number of hydrogen-bond acceptors (Lipinski definition) is 3. The summed E-state index contributed by atoms with van der Waals surface area (Å²) in [4.78, 5) is 27.2. The summed E-state index contributed by atoms with van der Waals surface area (Å²) in [6.07, 6.45) is -4.45. The molecule has 3 aromatic carbocycles. The van der Waals surface area contributed by atoms with E-state index < -0.39 is 17.8 Å². The Hall–Kier alpha value is -4.01. The van der Waals surface area contributed by atoms with Crippen molar-refractivity contribution in [1.29, 1.82) is 0 Å². The molecule has 0 heterocycles. The van der Waals surface area contributed by atoms with Gasteiger partial charge in [0.25, 0.3) is 5.91 Å². The summed E-state index contributed by atoms with van der Waals surface area (Å²) in [7, 11) is 3.61. The van der Waals surface area contributed by atoms with Gasteiger partial charge in [0.2, 0.25) is 0 Å². The van der Waals surface area contributed by atoms with Crippen molar-refractivity contribution in [3.63, 3.8) is 0 Å². The van der Waals surface area contributed by atoms with Crippen LogP contribution in [0.25, 0.3) is 0 Å². The van der Waals surface area contributed by atoms with E-state index in [1.165, 1.54) is 12.1 Å². The molecule has 0 saturated carbocycles. The Labute approximate surface area is 195 Å². The predicted octanol–water partition coefficient (Wildman–Crippen LogP) is 5.91. The molecule has 0 saturated heterocycles. The van der Waals surface area contributed by atoms with Gasteiger partial charge in [0, 0.05) is 31.2 Å². The van der Waals surface area contributed by atoms with E-state index in [0.29, 0.717) is 16.9 Å². The molecule has 6 nitrogen and oxygen atoms in total. The van der Waals surface area contributed by atoms with Crippen molar-refractivity contribution in [3.8, 4) is 0 Å². The maximum Gasteiger partial charge on any atom is 0.416 e. The van der Waals surface area contributed by atoms with Crippen molar-refractivity contribution < 1.29 is 22.8 Å². The quantitative estimate of drug-likeness (QED) is 0.420. The average molecular weight is 470 g/mol. The lowest BCUT2D eigenvalue weighted by Gasteiger charge is -2.20. The largest absolute Gasteiger partial charge is 0.416 e. The molecule has 3 N–H and O–H groups in total. The zero-order valence-electron chi connectivity index (χ0n) is 18.9. The van der Waals surface area contributed by atoms with E-state index >= 15 is 0 Å². The van der Waals surface area contributed by atoms with Gasteiger partial charge in [0.15, 0.2) is 0 Å². The number of nitrogens with one attached hydrogen (secondary N) is 3. The van der Waals surface area contributed by atoms with Crippen LogP contribution in [0.1, 0.15) is 34.5 Å². The van der Waals surface area contributed by atoms with Gasteiger partial charge < -0.3 is 20.9 Å². The second kappa shape index (κ2) is 10.3. The zero-order valence-corrected chi connectivity index (χ0v) is 18.9. The van der Waals surface area contributed by atoms with E-state index in [9.17, 15) is 22.8 Å². The van der Waals surface area contributed by atoms with Gasteiger partial charge in [-0.25, -0.2) is 4.79 Å². The van der Waals surface area contributed by atoms with E-state index in [1.54, 1.807) is 37.2 Å². The van der Waals surface area contributed by atoms with Crippen molar-refractivity contribution in [2.75, 3.05) is 29.6 Å². The average Bonchev–Trinajstić information content (AvgIpc) is 2.79. The van der Waals surface area contributed by atoms with Crippen molar-refractivity contribution in [3.05, 3.63) is 89.5 Å². The van der Waals surface area contributed by atoms with Crippen molar-refractivity contribution in [1.82, 2.24) is 5.32 Å². The highest BCUT2D eigenvalue weighted by Crippen LogP contribution is 2.30. The first-order valence-corrected chi connectivity index (χ1v) is 10.5. The minimum absolute atomic E-state index is 0.199. The summed E-state index contributed by atoms with van der Waals surface area (Å²) in [5, 5.41) is 8.05. The number of hydrogen-bond donors (Lipinski definition) is 3. The summed E-state index contributed by atoms with van der Waals surface area (Å²) in [6, 6.07) is 17.6. The Morgan fingerprint density at radius 3 is 2.03 bits per heavy atom. The lowest BCUT2D eigenvalue weighted by Crippen LogP contribution is -2.28. The molecule has 0 radical (unpaired) electrons. The van der Waals surface area contributed by atoms with Crippen LogP contribution in [-0.2, 0) is 6.18 Å². The summed E-state index contributed by atoms with van der Waals surface area (Å²) in [5.74, 6) is -0.313. The molecule has 0 fully saturated rings. The molecule has 9 heteroatoms. The Balaban J connectivity index is 1.73. The van der Waals surface area contributed by atoms with Gasteiger partial charge in [-0.1, -0.05) is 30.3 Å². The van der Waals surface area contributed by atoms with Crippen molar-refractivity contribution >= 4 is 29.0 Å². The maximum absolute atomic E-state index is 13.0. The van der Waals surface area contributed by atoms with Gasteiger partial charge in [-0.2, -0.15) is 13.2 Å². The van der Waals surface area contributed by atoms with Crippen LogP contribution in [0.4, 0.5) is 35.0 Å². The standard InChI is InChI=1S/C25H25F3N4O2/c1-16(17-7-5-4-6-8-17)29-23(33)21-15-20(13-14-22(21)32(2)3)31-24(34)30-19-11-9-18(10-12-19)25(26,27)28/h4-16H,1-3H3,(H,29,33)(H2,30,31,34). The molecule has 0 spiro atoms. The minimum Gasteiger partial charge on any atom is -0.377 e. The van der Waals surface area contributed by atoms with Crippen LogP contribution in [-0.4, -0.2) is 26.0 Å². The van der Waals surface area contributed by atoms with Crippen LogP contribution in [0.2, 0.25) is 0 Å². The van der Waals surface area contributed by atoms with Crippen molar-refractivity contribution in [2.45, 2.75) is 19.1 Å². The topological polar surface area (TPSA) is 73.5 Å². The number of benzene rings is 3. The molecule has 0 aromatic heterocycles. The lowest BCUT2D eigenvalue weighted by atomic mass is 10.1. The highest BCUT2D eigenvalue weighted by molar-refractivity contribution is 6.04. The van der Waals surface area contributed by atoms with E-state index in [1.807, 2.05) is 37.3 Å².